The van der Waals surface area contributed by atoms with Gasteiger partial charge in [0.05, 0.1) is 34.9 Å². The van der Waals surface area contributed by atoms with Gasteiger partial charge >= 0.3 is 5.97 Å². The molecular weight excluding hydrogens is 570 g/mol. The lowest BCUT2D eigenvalue weighted by Gasteiger charge is -2.42. The topological polar surface area (TPSA) is 138 Å². The van der Waals surface area contributed by atoms with Gasteiger partial charge in [-0.3, -0.25) is 28.9 Å². The molecular formula is C26H21BrClNO8. The zero-order chi connectivity index (χ0) is 26.8. The molecule has 1 fully saturated rings. The van der Waals surface area contributed by atoms with Crippen molar-refractivity contribution in [1.82, 2.24) is 4.90 Å². The van der Waals surface area contributed by atoms with E-state index in [1.54, 1.807) is 0 Å². The number of Topliss-reactive ketones (excluding diaryl/α,β-unsaturated/α-hetero) is 1. The van der Waals surface area contributed by atoms with Gasteiger partial charge in [0.15, 0.2) is 23.1 Å². The lowest BCUT2D eigenvalue weighted by atomic mass is 9.59. The number of ketones is 2. The zero-order valence-corrected chi connectivity index (χ0v) is 21.8. The van der Waals surface area contributed by atoms with Gasteiger partial charge in [-0.1, -0.05) is 23.3 Å². The van der Waals surface area contributed by atoms with Crippen LogP contribution in [0, 0.1) is 17.8 Å². The molecule has 4 aliphatic rings. The Bertz CT molecular complexity index is 1390. The number of aromatic hydroxyl groups is 1. The third-order valence-electron chi connectivity index (χ3n) is 7.58. The number of carboxylic acid groups (broad SMARTS) is 1. The summed E-state index contributed by atoms with van der Waals surface area (Å²) in [6.45, 7) is -0.226. The second-order valence-corrected chi connectivity index (χ2v) is 10.7. The molecule has 0 spiro atoms. The highest BCUT2D eigenvalue weighted by molar-refractivity contribution is 9.12. The molecule has 0 saturated carbocycles. The van der Waals surface area contributed by atoms with Crippen molar-refractivity contribution >= 4 is 56.9 Å². The molecule has 1 saturated heterocycles. The van der Waals surface area contributed by atoms with Crippen LogP contribution in [0.5, 0.6) is 11.5 Å². The molecule has 2 N–H and O–H groups in total. The Morgan fingerprint density at radius 3 is 2.59 bits per heavy atom. The number of fused-ring (bicyclic) bond motifs is 3. The summed E-state index contributed by atoms with van der Waals surface area (Å²) in [7, 11) is 1.36. The normalized spacial score (nSPS) is 26.9. The highest BCUT2D eigenvalue weighted by Crippen LogP contribution is 2.56. The highest BCUT2D eigenvalue weighted by Gasteiger charge is 2.56. The standard InChI is InChI=1S/C26H21BrClNO8/c1-37-18-7-10(6-16(28)24(18)34)20-11-2-3-12-21(26(36)29(25(12)35)5-4-19(31)32)13(11)8-14-22(20)17(30)9-15(27)23(14)33/h2,6-7,9,12-13,20-21,34H,3-5,8H2,1H3,(H,31,32)/t12-,13+,20-,21-/m0/s1. The molecule has 3 aliphatic carbocycles. The Labute approximate surface area is 224 Å². The van der Waals surface area contributed by atoms with Gasteiger partial charge < -0.3 is 14.9 Å². The van der Waals surface area contributed by atoms with Gasteiger partial charge in [-0.25, -0.2) is 0 Å². The first kappa shape index (κ1) is 25.4. The molecule has 0 bridgehead atoms. The summed E-state index contributed by atoms with van der Waals surface area (Å²) >= 11 is 9.44. The van der Waals surface area contributed by atoms with Crippen molar-refractivity contribution in [3.63, 3.8) is 0 Å². The highest BCUT2D eigenvalue weighted by atomic mass is 79.9. The van der Waals surface area contributed by atoms with Gasteiger partial charge in [0, 0.05) is 29.7 Å². The van der Waals surface area contributed by atoms with Crippen molar-refractivity contribution < 1.29 is 38.9 Å². The molecule has 11 heteroatoms. The average Bonchev–Trinajstić information content (AvgIpc) is 3.10. The fraction of sp³-hybridized carbons (Fsp3) is 0.346. The van der Waals surface area contributed by atoms with Gasteiger partial charge in [-0.2, -0.15) is 0 Å². The monoisotopic (exact) mass is 589 g/mol. The van der Waals surface area contributed by atoms with Crippen molar-refractivity contribution in [2.75, 3.05) is 13.7 Å². The van der Waals surface area contributed by atoms with Crippen molar-refractivity contribution in [2.24, 2.45) is 17.8 Å². The molecule has 4 atom stereocenters. The fourth-order valence-electron chi connectivity index (χ4n) is 6.00. The predicted molar refractivity (Wildman–Crippen MR) is 133 cm³/mol. The molecule has 37 heavy (non-hydrogen) atoms. The van der Waals surface area contributed by atoms with Crippen LogP contribution >= 0.6 is 27.5 Å². The first-order chi connectivity index (χ1) is 17.5. The molecule has 1 heterocycles. The van der Waals surface area contributed by atoms with Crippen LogP contribution in [-0.4, -0.2) is 58.1 Å². The van der Waals surface area contributed by atoms with Gasteiger partial charge in [0.2, 0.25) is 11.8 Å². The number of phenolic OH excluding ortho intramolecular Hbond substituents is 1. The second kappa shape index (κ2) is 9.25. The molecule has 0 unspecified atom stereocenters. The first-order valence-electron chi connectivity index (χ1n) is 11.6. The number of methoxy groups -OCH3 is 1. The Balaban J connectivity index is 1.65. The summed E-state index contributed by atoms with van der Waals surface area (Å²) in [5.41, 5.74) is 1.71. The number of allylic oxidation sites excluding steroid dienone is 6. The third-order valence-corrected chi connectivity index (χ3v) is 8.45. The molecule has 9 nitrogen and oxygen atoms in total. The number of amides is 2. The Morgan fingerprint density at radius 1 is 1.19 bits per heavy atom. The number of carboxylic acids is 1. The number of nitrogens with zero attached hydrogens (tertiary/aromatic N) is 1. The summed E-state index contributed by atoms with van der Waals surface area (Å²) < 4.78 is 5.37. The lowest BCUT2D eigenvalue weighted by Crippen LogP contribution is -2.39. The van der Waals surface area contributed by atoms with E-state index < -0.39 is 41.5 Å². The number of carbonyl (C=O) groups excluding carboxylic acids is 4. The van der Waals surface area contributed by atoms with Gasteiger partial charge in [0.1, 0.15) is 0 Å². The van der Waals surface area contributed by atoms with Crippen LogP contribution in [-0.2, 0) is 24.0 Å². The van der Waals surface area contributed by atoms with Crippen LogP contribution in [0.25, 0.3) is 0 Å². The minimum atomic E-state index is -1.12. The van der Waals surface area contributed by atoms with Crippen LogP contribution in [0.1, 0.15) is 30.7 Å². The Morgan fingerprint density at radius 2 is 1.92 bits per heavy atom. The van der Waals surface area contributed by atoms with E-state index in [0.29, 0.717) is 11.1 Å². The van der Waals surface area contributed by atoms with E-state index in [2.05, 4.69) is 15.9 Å². The maximum atomic E-state index is 13.5. The number of rotatable bonds is 5. The minimum absolute atomic E-state index is 0.00816. The van der Waals surface area contributed by atoms with E-state index in [0.717, 1.165) is 4.90 Å². The molecule has 0 radical (unpaired) electrons. The van der Waals surface area contributed by atoms with Crippen LogP contribution in [0.15, 0.2) is 45.5 Å². The molecule has 1 aliphatic heterocycles. The van der Waals surface area contributed by atoms with E-state index >= 15 is 0 Å². The van der Waals surface area contributed by atoms with Crippen LogP contribution in [0.4, 0.5) is 0 Å². The molecule has 5 rings (SSSR count). The van der Waals surface area contributed by atoms with Gasteiger partial charge in [0.25, 0.3) is 0 Å². The Kier molecular flexibility index (Phi) is 6.35. The quantitative estimate of drug-likeness (QED) is 0.303. The second-order valence-electron chi connectivity index (χ2n) is 9.42. The summed E-state index contributed by atoms with van der Waals surface area (Å²) in [6.07, 6.45) is 3.01. The largest absolute Gasteiger partial charge is 0.503 e. The van der Waals surface area contributed by atoms with Gasteiger partial charge in [-0.05, 0) is 52.4 Å². The Hall–Kier alpha value is -3.24. The summed E-state index contributed by atoms with van der Waals surface area (Å²) in [6, 6.07) is 3.04. The molecule has 1 aromatic rings. The molecule has 1 aromatic carbocycles. The van der Waals surface area contributed by atoms with Crippen LogP contribution in [0.2, 0.25) is 5.02 Å². The smallest absolute Gasteiger partial charge is 0.305 e. The summed E-state index contributed by atoms with van der Waals surface area (Å²) in [4.78, 5) is 65.1. The third kappa shape index (κ3) is 3.93. The number of phenols is 1. The van der Waals surface area contributed by atoms with E-state index in [1.165, 1.54) is 25.3 Å². The van der Waals surface area contributed by atoms with Crippen molar-refractivity contribution in [1.29, 1.82) is 0 Å². The van der Waals surface area contributed by atoms with E-state index in [-0.39, 0.29) is 69.5 Å². The number of aliphatic carboxylic acids is 1. The number of benzene rings is 1. The SMILES string of the molecule is COc1cc([C@H]2C3=CC[C@@H]4C(=O)N(CCC(=O)O)C(=O)[C@@H]4[C@@H]3CC3=C2C(=O)C=C(Br)C3=O)cc(Cl)c1O. The summed E-state index contributed by atoms with van der Waals surface area (Å²) in [5, 5.41) is 19.3. The zero-order valence-electron chi connectivity index (χ0n) is 19.5. The molecule has 2 amide bonds. The number of likely N-dealkylation sites (tertiary alicyclic amines) is 1. The maximum absolute atomic E-state index is 13.5. The van der Waals surface area contributed by atoms with E-state index in [9.17, 15) is 29.1 Å². The number of hydrogen-bond acceptors (Lipinski definition) is 7. The lowest BCUT2D eigenvalue weighted by molar-refractivity contribution is -0.142. The summed E-state index contributed by atoms with van der Waals surface area (Å²) in [5.74, 6) is -5.75. The minimum Gasteiger partial charge on any atom is -0.503 e. The number of halogens is 2. The number of ether oxygens (including phenoxy) is 1. The molecule has 192 valence electrons. The van der Waals surface area contributed by atoms with E-state index in [4.69, 9.17) is 21.4 Å². The van der Waals surface area contributed by atoms with Crippen molar-refractivity contribution in [3.05, 3.63) is 56.1 Å². The molecule has 0 aromatic heterocycles. The number of hydrogen-bond donors (Lipinski definition) is 2. The average molecular weight is 591 g/mol. The van der Waals surface area contributed by atoms with Crippen LogP contribution < -0.4 is 4.74 Å². The fourth-order valence-corrected chi connectivity index (χ4v) is 6.66. The first-order valence-corrected chi connectivity index (χ1v) is 12.7. The van der Waals surface area contributed by atoms with Gasteiger partial charge in [-0.15, -0.1) is 0 Å². The predicted octanol–water partition coefficient (Wildman–Crippen LogP) is 3.29. The van der Waals surface area contributed by atoms with Crippen LogP contribution in [0.3, 0.4) is 0 Å². The van der Waals surface area contributed by atoms with E-state index in [1.807, 2.05) is 6.08 Å². The van der Waals surface area contributed by atoms with Crippen molar-refractivity contribution in [3.8, 4) is 11.5 Å². The number of carbonyl (C=O) groups is 5. The van der Waals surface area contributed by atoms with Crippen molar-refractivity contribution in [2.45, 2.75) is 25.2 Å². The number of imide groups is 1. The maximum Gasteiger partial charge on any atom is 0.305 e.